The van der Waals surface area contributed by atoms with E-state index in [1.807, 2.05) is 0 Å². The van der Waals surface area contributed by atoms with Gasteiger partial charge in [0.1, 0.15) is 0 Å². The lowest BCUT2D eigenvalue weighted by atomic mass is 9.79. The molecule has 3 atom stereocenters. The van der Waals surface area contributed by atoms with Crippen LogP contribution in [-0.4, -0.2) is 0 Å². The minimum absolute atomic E-state index is 0.501. The van der Waals surface area contributed by atoms with E-state index in [-0.39, 0.29) is 0 Å². The Hall–Kier alpha value is 0. The van der Waals surface area contributed by atoms with E-state index < -0.39 is 0 Å². The lowest BCUT2D eigenvalue weighted by Crippen LogP contribution is -2.17. The average Bonchev–Trinajstić information content (AvgIpc) is 2.54. The Morgan fingerprint density at radius 3 is 1.85 bits per heavy atom. The third kappa shape index (κ3) is 2.72. The van der Waals surface area contributed by atoms with Gasteiger partial charge in [0.25, 0.3) is 0 Å². The van der Waals surface area contributed by atoms with E-state index in [2.05, 4.69) is 41.5 Å². The Bertz CT molecular complexity index is 155. The molecule has 0 heteroatoms. The van der Waals surface area contributed by atoms with E-state index >= 15 is 0 Å². The molecule has 0 amide bonds. The predicted octanol–water partition coefficient (Wildman–Crippen LogP) is 4.35. The fourth-order valence-corrected chi connectivity index (χ4v) is 2.17. The van der Waals surface area contributed by atoms with Gasteiger partial charge in [-0.3, -0.25) is 0 Å². The fraction of sp³-hybridized carbons (Fsp3) is 1.00. The van der Waals surface area contributed by atoms with Crippen molar-refractivity contribution in [3.8, 4) is 0 Å². The van der Waals surface area contributed by atoms with Crippen molar-refractivity contribution in [3.63, 3.8) is 0 Å². The van der Waals surface area contributed by atoms with E-state index in [1.54, 1.807) is 0 Å². The number of hydrogen-bond donors (Lipinski definition) is 0. The molecular formula is C13H26. The van der Waals surface area contributed by atoms with Gasteiger partial charge in [-0.1, -0.05) is 41.5 Å². The van der Waals surface area contributed by atoms with Gasteiger partial charge in [-0.25, -0.2) is 0 Å². The van der Waals surface area contributed by atoms with Crippen LogP contribution in [0.3, 0.4) is 0 Å². The Morgan fingerprint density at radius 1 is 1.08 bits per heavy atom. The molecule has 1 fully saturated rings. The van der Waals surface area contributed by atoms with Crippen molar-refractivity contribution in [1.82, 2.24) is 0 Å². The van der Waals surface area contributed by atoms with Crippen LogP contribution in [0.25, 0.3) is 0 Å². The van der Waals surface area contributed by atoms with Crippen LogP contribution in [0.15, 0.2) is 0 Å². The van der Waals surface area contributed by atoms with Crippen molar-refractivity contribution < 1.29 is 0 Å². The van der Waals surface area contributed by atoms with Gasteiger partial charge in [-0.05, 0) is 41.9 Å². The van der Waals surface area contributed by atoms with Crippen molar-refractivity contribution in [2.75, 3.05) is 0 Å². The van der Waals surface area contributed by atoms with Crippen molar-refractivity contribution >= 4 is 0 Å². The first-order valence-electron chi connectivity index (χ1n) is 5.84. The maximum atomic E-state index is 2.40. The summed E-state index contributed by atoms with van der Waals surface area (Å²) in [5.41, 5.74) is 0.501. The van der Waals surface area contributed by atoms with Crippen LogP contribution in [0.1, 0.15) is 54.4 Å². The van der Waals surface area contributed by atoms with Crippen LogP contribution in [0.5, 0.6) is 0 Å². The summed E-state index contributed by atoms with van der Waals surface area (Å²) < 4.78 is 0. The Balaban J connectivity index is 2.20. The highest BCUT2D eigenvalue weighted by molar-refractivity contribution is 4.91. The van der Waals surface area contributed by atoms with E-state index in [4.69, 9.17) is 0 Å². The molecule has 0 aliphatic heterocycles. The van der Waals surface area contributed by atoms with Gasteiger partial charge in [0.15, 0.2) is 0 Å². The zero-order chi connectivity index (χ0) is 10.2. The van der Waals surface area contributed by atoms with Crippen molar-refractivity contribution in [1.29, 1.82) is 0 Å². The predicted molar refractivity (Wildman–Crippen MR) is 59.7 cm³/mol. The second-order valence-corrected chi connectivity index (χ2v) is 6.23. The Labute approximate surface area is 84.1 Å². The van der Waals surface area contributed by atoms with Crippen LogP contribution in [0.2, 0.25) is 0 Å². The fourth-order valence-electron chi connectivity index (χ4n) is 2.17. The van der Waals surface area contributed by atoms with Gasteiger partial charge in [-0.2, -0.15) is 0 Å². The first-order chi connectivity index (χ1) is 5.84. The van der Waals surface area contributed by atoms with Gasteiger partial charge >= 0.3 is 0 Å². The molecule has 0 nitrogen and oxygen atoms in total. The van der Waals surface area contributed by atoms with E-state index in [1.165, 1.54) is 12.8 Å². The molecule has 0 aromatic heterocycles. The third-order valence-electron chi connectivity index (χ3n) is 4.45. The monoisotopic (exact) mass is 182 g/mol. The van der Waals surface area contributed by atoms with E-state index in [0.717, 1.165) is 23.7 Å². The molecule has 0 aromatic rings. The van der Waals surface area contributed by atoms with Crippen molar-refractivity contribution in [2.24, 2.45) is 29.1 Å². The summed E-state index contributed by atoms with van der Waals surface area (Å²) >= 11 is 0. The maximum absolute atomic E-state index is 2.40. The highest BCUT2D eigenvalue weighted by atomic mass is 14.5. The highest BCUT2D eigenvalue weighted by Gasteiger charge is 2.42. The summed E-state index contributed by atoms with van der Waals surface area (Å²) in [6, 6.07) is 0. The molecule has 1 aliphatic rings. The third-order valence-corrected chi connectivity index (χ3v) is 4.45. The Kier molecular flexibility index (Phi) is 3.09. The van der Waals surface area contributed by atoms with Crippen LogP contribution >= 0.6 is 0 Å². The quantitative estimate of drug-likeness (QED) is 0.608. The van der Waals surface area contributed by atoms with Gasteiger partial charge in [0, 0.05) is 0 Å². The summed E-state index contributed by atoms with van der Waals surface area (Å²) in [5.74, 6) is 3.93. The molecule has 0 spiro atoms. The van der Waals surface area contributed by atoms with Gasteiger partial charge < -0.3 is 0 Å². The molecule has 1 rings (SSSR count). The molecule has 13 heavy (non-hydrogen) atoms. The molecule has 0 bridgehead atoms. The summed E-state index contributed by atoms with van der Waals surface area (Å²) in [6.07, 6.45) is 2.88. The van der Waals surface area contributed by atoms with Crippen LogP contribution in [0.4, 0.5) is 0 Å². The van der Waals surface area contributed by atoms with Crippen molar-refractivity contribution in [3.05, 3.63) is 0 Å². The minimum atomic E-state index is 0.501. The first kappa shape index (κ1) is 11.1. The average molecular weight is 182 g/mol. The molecule has 1 aliphatic carbocycles. The maximum Gasteiger partial charge on any atom is -0.0357 e. The normalized spacial score (nSPS) is 36.0. The largest absolute Gasteiger partial charge is 0.0620 e. The standard InChI is InChI=1S/C13H26/c1-9(13(4,5)6)7-8-12-10(2)11(12)3/h9-12H,7-8H2,1-6H3. The first-order valence-corrected chi connectivity index (χ1v) is 5.84. The SMILES string of the molecule is CC1C(C)C1CCC(C)C(C)(C)C. The summed E-state index contributed by atoms with van der Waals surface area (Å²) in [7, 11) is 0. The molecule has 0 heterocycles. The van der Waals surface area contributed by atoms with Crippen LogP contribution in [-0.2, 0) is 0 Å². The molecule has 3 unspecified atom stereocenters. The molecular weight excluding hydrogens is 156 g/mol. The Morgan fingerprint density at radius 2 is 1.54 bits per heavy atom. The highest BCUT2D eigenvalue weighted by Crippen LogP contribution is 2.49. The molecule has 78 valence electrons. The zero-order valence-electron chi connectivity index (χ0n) is 10.2. The molecule has 0 radical (unpaired) electrons. The van der Waals surface area contributed by atoms with Gasteiger partial charge in [-0.15, -0.1) is 0 Å². The number of hydrogen-bond acceptors (Lipinski definition) is 0. The minimum Gasteiger partial charge on any atom is -0.0620 e. The topological polar surface area (TPSA) is 0 Å². The summed E-state index contributed by atoms with van der Waals surface area (Å²) in [4.78, 5) is 0. The van der Waals surface area contributed by atoms with Gasteiger partial charge in [0.2, 0.25) is 0 Å². The van der Waals surface area contributed by atoms with Gasteiger partial charge in [0.05, 0.1) is 0 Å². The molecule has 0 aromatic carbocycles. The second-order valence-electron chi connectivity index (χ2n) is 6.23. The van der Waals surface area contributed by atoms with Crippen molar-refractivity contribution in [2.45, 2.75) is 54.4 Å². The molecule has 1 saturated carbocycles. The van der Waals surface area contributed by atoms with Crippen LogP contribution < -0.4 is 0 Å². The lowest BCUT2D eigenvalue weighted by molar-refractivity contribution is 0.237. The summed E-state index contributed by atoms with van der Waals surface area (Å²) in [5, 5.41) is 0. The molecule has 0 N–H and O–H groups in total. The second kappa shape index (κ2) is 3.63. The zero-order valence-corrected chi connectivity index (χ0v) is 10.2. The van der Waals surface area contributed by atoms with E-state index in [9.17, 15) is 0 Å². The van der Waals surface area contributed by atoms with Crippen LogP contribution in [0, 0.1) is 29.1 Å². The number of rotatable bonds is 3. The smallest absolute Gasteiger partial charge is 0.0357 e. The van der Waals surface area contributed by atoms with E-state index in [0.29, 0.717) is 5.41 Å². The summed E-state index contributed by atoms with van der Waals surface area (Å²) in [6.45, 7) is 14.3. The lowest BCUT2D eigenvalue weighted by Gasteiger charge is -2.27. The molecule has 0 saturated heterocycles.